The zero-order valence-electron chi connectivity index (χ0n) is 30.5. The summed E-state index contributed by atoms with van der Waals surface area (Å²) >= 11 is 0. The second-order valence-corrected chi connectivity index (χ2v) is 14.1. The molecule has 2 aliphatic rings. The third-order valence-electron chi connectivity index (χ3n) is 10.8. The van der Waals surface area contributed by atoms with Crippen LogP contribution in [0, 0.1) is 0 Å². The van der Waals surface area contributed by atoms with Crippen LogP contribution in [0.3, 0.4) is 0 Å². The number of hydrogen-bond acceptors (Lipinski definition) is 5. The lowest BCUT2D eigenvalue weighted by molar-refractivity contribution is 0.416. The number of aromatic nitrogens is 3. The second-order valence-electron chi connectivity index (χ2n) is 14.1. The Morgan fingerprint density at radius 1 is 0.527 bits per heavy atom. The highest BCUT2D eigenvalue weighted by molar-refractivity contribution is 5.98. The van der Waals surface area contributed by atoms with Crippen molar-refractivity contribution in [2.75, 3.05) is 7.11 Å². The molecule has 5 heteroatoms. The average molecular weight is 712 g/mol. The van der Waals surface area contributed by atoms with Gasteiger partial charge in [-0.25, -0.2) is 15.0 Å². The van der Waals surface area contributed by atoms with Crippen LogP contribution >= 0.6 is 0 Å². The zero-order valence-corrected chi connectivity index (χ0v) is 30.5. The quantitative estimate of drug-likeness (QED) is 0.165. The van der Waals surface area contributed by atoms with E-state index in [-0.39, 0.29) is 0 Å². The van der Waals surface area contributed by atoms with Gasteiger partial charge in [0.15, 0.2) is 17.5 Å². The lowest BCUT2D eigenvalue weighted by Crippen LogP contribution is -2.06. The lowest BCUT2D eigenvalue weighted by atomic mass is 9.88. The van der Waals surface area contributed by atoms with Crippen LogP contribution in [0.25, 0.3) is 78.8 Å². The van der Waals surface area contributed by atoms with E-state index >= 15 is 0 Å². The van der Waals surface area contributed by atoms with Crippen molar-refractivity contribution < 1.29 is 9.15 Å². The van der Waals surface area contributed by atoms with Gasteiger partial charge in [-0.1, -0.05) is 140 Å². The van der Waals surface area contributed by atoms with Crippen LogP contribution < -0.4 is 4.74 Å². The van der Waals surface area contributed by atoms with Gasteiger partial charge in [0.2, 0.25) is 0 Å². The normalized spacial score (nSPS) is 13.3. The van der Waals surface area contributed by atoms with E-state index < -0.39 is 0 Å². The summed E-state index contributed by atoms with van der Waals surface area (Å²) in [6.45, 7) is 0. The van der Waals surface area contributed by atoms with Gasteiger partial charge >= 0.3 is 0 Å². The van der Waals surface area contributed by atoms with E-state index in [4.69, 9.17) is 24.1 Å². The predicted molar refractivity (Wildman–Crippen MR) is 223 cm³/mol. The molecule has 0 atom stereocenters. The molecule has 0 fully saturated rings. The first kappa shape index (κ1) is 32.8. The number of aryl methyl sites for hydroxylation is 2. The average Bonchev–Trinajstić information content (AvgIpc) is 3.65. The molecule has 2 aromatic heterocycles. The molecule has 0 aliphatic heterocycles. The molecule has 2 heterocycles. The molecule has 6 aromatic carbocycles. The first-order chi connectivity index (χ1) is 27.2. The van der Waals surface area contributed by atoms with Crippen LogP contribution in [0.15, 0.2) is 156 Å². The summed E-state index contributed by atoms with van der Waals surface area (Å²) in [5, 5.41) is 1.06. The van der Waals surface area contributed by atoms with Gasteiger partial charge in [-0.15, -0.1) is 0 Å². The molecule has 55 heavy (non-hydrogen) atoms. The Balaban J connectivity index is 1.02. The standard InChI is InChI=1S/C50H37N3O2/c1-54-43-30-28-35-13-8-9-16-40(35)46(43)36-23-19-34(20-24-36)39-27-29-41-45(31-39)55-44-18-10-17-42(47(41)44)50-52-48(37-14-6-3-7-15-37)51-49(53-50)38-25-21-33(22-26-38)32-11-4-2-5-12-32/h2-7,9,11-12,14-17,19-31H,8,10,13,18H2,1H3. The number of fused-ring (bicyclic) bond motifs is 4. The maximum Gasteiger partial charge on any atom is 0.164 e. The maximum absolute atomic E-state index is 6.64. The van der Waals surface area contributed by atoms with Crippen LogP contribution in [0.1, 0.15) is 41.1 Å². The number of hydrogen-bond donors (Lipinski definition) is 0. The van der Waals surface area contributed by atoms with Crippen molar-refractivity contribution in [2.24, 2.45) is 0 Å². The highest BCUT2D eigenvalue weighted by Gasteiger charge is 2.25. The van der Waals surface area contributed by atoms with Crippen molar-refractivity contribution in [2.45, 2.75) is 25.7 Å². The minimum absolute atomic E-state index is 0.639. The molecular weight excluding hydrogens is 675 g/mol. The Morgan fingerprint density at radius 3 is 1.85 bits per heavy atom. The number of benzene rings is 6. The summed E-state index contributed by atoms with van der Waals surface area (Å²) in [7, 11) is 1.75. The number of furan rings is 1. The molecule has 2 aliphatic carbocycles. The molecule has 0 saturated heterocycles. The van der Waals surface area contributed by atoms with Gasteiger partial charge in [0.1, 0.15) is 17.1 Å². The molecule has 0 amide bonds. The molecule has 0 radical (unpaired) electrons. The first-order valence-corrected chi connectivity index (χ1v) is 18.9. The van der Waals surface area contributed by atoms with Gasteiger partial charge in [0.25, 0.3) is 0 Å². The minimum Gasteiger partial charge on any atom is -0.496 e. The van der Waals surface area contributed by atoms with Crippen molar-refractivity contribution in [3.63, 3.8) is 0 Å². The summed E-state index contributed by atoms with van der Waals surface area (Å²) in [4.78, 5) is 15.2. The molecule has 264 valence electrons. The summed E-state index contributed by atoms with van der Waals surface area (Å²) in [6, 6.07) is 48.6. The Hall–Kier alpha value is -6.85. The van der Waals surface area contributed by atoms with Crippen LogP contribution in [0.2, 0.25) is 0 Å². The van der Waals surface area contributed by atoms with E-state index in [2.05, 4.69) is 121 Å². The highest BCUT2D eigenvalue weighted by atomic mass is 16.5. The molecule has 0 spiro atoms. The molecule has 0 saturated carbocycles. The van der Waals surface area contributed by atoms with E-state index in [1.807, 2.05) is 36.4 Å². The Morgan fingerprint density at radius 2 is 1.13 bits per heavy atom. The summed E-state index contributed by atoms with van der Waals surface area (Å²) in [6.07, 6.45) is 10.5. The smallest absolute Gasteiger partial charge is 0.164 e. The van der Waals surface area contributed by atoms with Crippen LogP contribution in [-0.4, -0.2) is 22.1 Å². The van der Waals surface area contributed by atoms with Gasteiger partial charge in [0.05, 0.1) is 7.11 Å². The fourth-order valence-corrected chi connectivity index (χ4v) is 8.02. The van der Waals surface area contributed by atoms with Crippen molar-refractivity contribution >= 4 is 22.6 Å². The molecule has 10 rings (SSSR count). The zero-order chi connectivity index (χ0) is 36.7. The molecular formula is C50H37N3O2. The number of ether oxygens (including phenoxy) is 1. The molecule has 0 bridgehead atoms. The Labute approximate surface area is 320 Å². The van der Waals surface area contributed by atoms with Crippen molar-refractivity contribution in [3.05, 3.63) is 180 Å². The van der Waals surface area contributed by atoms with Gasteiger partial charge < -0.3 is 9.15 Å². The fourth-order valence-electron chi connectivity index (χ4n) is 8.02. The Bertz CT molecular complexity index is 2760. The van der Waals surface area contributed by atoms with E-state index in [1.54, 1.807) is 7.11 Å². The lowest BCUT2D eigenvalue weighted by Gasteiger charge is -2.18. The predicted octanol–water partition coefficient (Wildman–Crippen LogP) is 12.3. The third-order valence-corrected chi connectivity index (χ3v) is 10.8. The summed E-state index contributed by atoms with van der Waals surface area (Å²) in [5.41, 5.74) is 14.2. The molecule has 0 N–H and O–H groups in total. The summed E-state index contributed by atoms with van der Waals surface area (Å²) in [5.74, 6) is 3.78. The molecule has 0 unspecified atom stereocenters. The van der Waals surface area contributed by atoms with E-state index in [0.717, 1.165) is 98.2 Å². The first-order valence-electron chi connectivity index (χ1n) is 18.9. The SMILES string of the molecule is COc1ccc2c(c1-c1ccc(-c3ccc4c5c(oc4c3)CCC=C5c3nc(-c4ccccc4)nc(-c4ccc(-c5ccccc5)cc4)n3)cc1)C=CCC2. The maximum atomic E-state index is 6.64. The van der Waals surface area contributed by atoms with Gasteiger partial charge in [-0.05, 0) is 76.4 Å². The second kappa shape index (κ2) is 13.9. The van der Waals surface area contributed by atoms with Crippen molar-refractivity contribution in [1.29, 1.82) is 0 Å². The number of nitrogens with zero attached hydrogens (tertiary/aromatic N) is 3. The van der Waals surface area contributed by atoms with E-state index in [0.29, 0.717) is 17.5 Å². The number of allylic oxidation sites excluding steroid dienone is 2. The largest absolute Gasteiger partial charge is 0.496 e. The van der Waals surface area contributed by atoms with Crippen LogP contribution in [0.4, 0.5) is 0 Å². The van der Waals surface area contributed by atoms with Gasteiger partial charge in [-0.3, -0.25) is 0 Å². The molecule has 8 aromatic rings. The highest BCUT2D eigenvalue weighted by Crippen LogP contribution is 2.42. The number of rotatable bonds is 7. The van der Waals surface area contributed by atoms with Crippen LogP contribution in [0.5, 0.6) is 5.75 Å². The number of methoxy groups -OCH3 is 1. The minimum atomic E-state index is 0.639. The topological polar surface area (TPSA) is 61.0 Å². The van der Waals surface area contributed by atoms with E-state index in [9.17, 15) is 0 Å². The van der Waals surface area contributed by atoms with Crippen molar-refractivity contribution in [1.82, 2.24) is 15.0 Å². The van der Waals surface area contributed by atoms with Gasteiger partial charge in [0, 0.05) is 39.6 Å². The Kier molecular flexibility index (Phi) is 8.25. The van der Waals surface area contributed by atoms with Gasteiger partial charge in [-0.2, -0.15) is 0 Å². The van der Waals surface area contributed by atoms with Crippen molar-refractivity contribution in [3.8, 4) is 61.9 Å². The monoisotopic (exact) mass is 711 g/mol. The summed E-state index contributed by atoms with van der Waals surface area (Å²) < 4.78 is 12.5. The van der Waals surface area contributed by atoms with Crippen LogP contribution in [-0.2, 0) is 12.8 Å². The fraction of sp³-hybridized carbons (Fsp3) is 0.100. The molecule has 5 nitrogen and oxygen atoms in total. The van der Waals surface area contributed by atoms with E-state index in [1.165, 1.54) is 16.7 Å². The third kappa shape index (κ3) is 6.04.